The Hall–Kier alpha value is -3.60. The molecule has 0 bridgehead atoms. The zero-order chi connectivity index (χ0) is 26.7. The summed E-state index contributed by atoms with van der Waals surface area (Å²) >= 11 is 12.1. The van der Waals surface area contributed by atoms with Crippen molar-refractivity contribution in [3.8, 4) is 0 Å². The lowest BCUT2D eigenvalue weighted by molar-refractivity contribution is -0.135. The summed E-state index contributed by atoms with van der Waals surface area (Å²) in [6.45, 7) is 1.77. The fourth-order valence-corrected chi connectivity index (χ4v) is 4.46. The van der Waals surface area contributed by atoms with Gasteiger partial charge in [-0.15, -0.1) is 0 Å². The highest BCUT2D eigenvalue weighted by atomic mass is 35.5. The Morgan fingerprint density at radius 1 is 0.474 bits per heavy atom. The zero-order valence-electron chi connectivity index (χ0n) is 21.1. The molecule has 0 saturated carbocycles. The van der Waals surface area contributed by atoms with E-state index in [1.807, 2.05) is 94.7 Å². The first-order chi connectivity index (χ1) is 18.5. The Bertz CT molecular complexity index is 1210. The minimum Gasteiger partial charge on any atom is -0.336 e. The SMILES string of the molecule is O=C(Cc1ccc(Cl)cc1)N(CCN(Cc1ccccc1)C(=O)Cc1ccc(Cl)cc1)Cc1ccccc1. The zero-order valence-corrected chi connectivity index (χ0v) is 22.6. The fraction of sp³-hybridized carbons (Fsp3) is 0.188. The van der Waals surface area contributed by atoms with Gasteiger partial charge in [0, 0.05) is 36.2 Å². The van der Waals surface area contributed by atoms with Crippen molar-refractivity contribution in [1.82, 2.24) is 9.80 Å². The van der Waals surface area contributed by atoms with E-state index in [-0.39, 0.29) is 24.7 Å². The van der Waals surface area contributed by atoms with E-state index < -0.39 is 0 Å². The molecule has 0 atom stereocenters. The third-order valence-electron chi connectivity index (χ3n) is 6.31. The summed E-state index contributed by atoms with van der Waals surface area (Å²) in [6.07, 6.45) is 0.531. The number of halogens is 2. The van der Waals surface area contributed by atoms with Gasteiger partial charge >= 0.3 is 0 Å². The lowest BCUT2D eigenvalue weighted by Crippen LogP contribution is -2.41. The third-order valence-corrected chi connectivity index (χ3v) is 6.82. The van der Waals surface area contributed by atoms with Gasteiger partial charge in [-0.05, 0) is 46.5 Å². The van der Waals surface area contributed by atoms with Crippen LogP contribution in [0.5, 0.6) is 0 Å². The molecule has 2 amide bonds. The van der Waals surface area contributed by atoms with Gasteiger partial charge in [-0.3, -0.25) is 9.59 Å². The van der Waals surface area contributed by atoms with Gasteiger partial charge in [-0.1, -0.05) is 108 Å². The molecular formula is C32H30Cl2N2O2. The number of carbonyl (C=O) groups is 2. The molecule has 38 heavy (non-hydrogen) atoms. The summed E-state index contributed by atoms with van der Waals surface area (Å²) in [6, 6.07) is 34.5. The van der Waals surface area contributed by atoms with Gasteiger partial charge in [0.25, 0.3) is 0 Å². The Morgan fingerprint density at radius 3 is 1.16 bits per heavy atom. The maximum Gasteiger partial charge on any atom is 0.227 e. The van der Waals surface area contributed by atoms with Crippen LogP contribution in [0.15, 0.2) is 109 Å². The van der Waals surface area contributed by atoms with E-state index >= 15 is 0 Å². The predicted molar refractivity (Wildman–Crippen MR) is 154 cm³/mol. The number of hydrogen-bond donors (Lipinski definition) is 0. The molecule has 4 aromatic carbocycles. The first kappa shape index (κ1) is 27.4. The molecular weight excluding hydrogens is 515 g/mol. The molecule has 0 aliphatic heterocycles. The summed E-state index contributed by atoms with van der Waals surface area (Å²) in [5.74, 6) is 0.00183. The molecule has 0 fully saturated rings. The normalized spacial score (nSPS) is 10.7. The average Bonchev–Trinajstić information content (AvgIpc) is 2.93. The van der Waals surface area contributed by atoms with Crippen molar-refractivity contribution >= 4 is 35.0 Å². The van der Waals surface area contributed by atoms with E-state index in [1.165, 1.54) is 0 Å². The Balaban J connectivity index is 1.51. The Kier molecular flexibility index (Phi) is 9.97. The van der Waals surface area contributed by atoms with Crippen LogP contribution in [0.2, 0.25) is 10.0 Å². The molecule has 6 heteroatoms. The van der Waals surface area contributed by atoms with E-state index in [0.717, 1.165) is 22.3 Å². The van der Waals surface area contributed by atoms with Crippen molar-refractivity contribution in [2.45, 2.75) is 25.9 Å². The van der Waals surface area contributed by atoms with Crippen molar-refractivity contribution in [3.05, 3.63) is 141 Å². The van der Waals surface area contributed by atoms with Crippen LogP contribution < -0.4 is 0 Å². The molecule has 0 heterocycles. The quantitative estimate of drug-likeness (QED) is 0.207. The van der Waals surface area contributed by atoms with E-state index in [0.29, 0.717) is 36.2 Å². The second-order valence-electron chi connectivity index (χ2n) is 9.21. The average molecular weight is 546 g/mol. The highest BCUT2D eigenvalue weighted by Crippen LogP contribution is 2.15. The summed E-state index contributed by atoms with van der Waals surface area (Å²) in [5, 5.41) is 1.27. The maximum atomic E-state index is 13.4. The molecule has 4 rings (SSSR count). The smallest absolute Gasteiger partial charge is 0.227 e. The monoisotopic (exact) mass is 544 g/mol. The van der Waals surface area contributed by atoms with Gasteiger partial charge in [-0.25, -0.2) is 0 Å². The van der Waals surface area contributed by atoms with E-state index in [4.69, 9.17) is 23.2 Å². The van der Waals surface area contributed by atoms with Crippen LogP contribution >= 0.6 is 23.2 Å². The van der Waals surface area contributed by atoms with Gasteiger partial charge < -0.3 is 9.80 Å². The molecule has 0 N–H and O–H groups in total. The Morgan fingerprint density at radius 2 is 0.816 bits per heavy atom. The molecule has 0 aliphatic carbocycles. The lowest BCUT2D eigenvalue weighted by Gasteiger charge is -2.29. The first-order valence-corrected chi connectivity index (χ1v) is 13.3. The second-order valence-corrected chi connectivity index (χ2v) is 10.1. The maximum absolute atomic E-state index is 13.4. The van der Waals surface area contributed by atoms with Crippen LogP contribution in [0.1, 0.15) is 22.3 Å². The van der Waals surface area contributed by atoms with Crippen LogP contribution in [0, 0.1) is 0 Å². The highest BCUT2D eigenvalue weighted by molar-refractivity contribution is 6.30. The summed E-state index contributed by atoms with van der Waals surface area (Å²) in [5.41, 5.74) is 3.88. The van der Waals surface area contributed by atoms with E-state index in [1.54, 1.807) is 24.3 Å². The van der Waals surface area contributed by atoms with Gasteiger partial charge in [0.1, 0.15) is 0 Å². The molecule has 4 aromatic rings. The van der Waals surface area contributed by atoms with Crippen LogP contribution in [-0.2, 0) is 35.5 Å². The molecule has 0 aliphatic rings. The minimum absolute atomic E-state index is 0.000914. The summed E-state index contributed by atoms with van der Waals surface area (Å²) < 4.78 is 0. The van der Waals surface area contributed by atoms with Crippen molar-refractivity contribution in [1.29, 1.82) is 0 Å². The summed E-state index contributed by atoms with van der Waals surface area (Å²) in [4.78, 5) is 30.5. The highest BCUT2D eigenvalue weighted by Gasteiger charge is 2.20. The van der Waals surface area contributed by atoms with Gasteiger partial charge in [0.05, 0.1) is 12.8 Å². The topological polar surface area (TPSA) is 40.6 Å². The number of hydrogen-bond acceptors (Lipinski definition) is 2. The van der Waals surface area contributed by atoms with Gasteiger partial charge in [-0.2, -0.15) is 0 Å². The van der Waals surface area contributed by atoms with Crippen molar-refractivity contribution in [2.75, 3.05) is 13.1 Å². The van der Waals surface area contributed by atoms with Crippen molar-refractivity contribution in [3.63, 3.8) is 0 Å². The molecule has 0 saturated heterocycles. The van der Waals surface area contributed by atoms with Gasteiger partial charge in [0.2, 0.25) is 11.8 Å². The number of benzene rings is 4. The second kappa shape index (κ2) is 13.8. The van der Waals surface area contributed by atoms with Crippen LogP contribution in [0.3, 0.4) is 0 Å². The summed E-state index contributed by atoms with van der Waals surface area (Å²) in [7, 11) is 0. The predicted octanol–water partition coefficient (Wildman–Crippen LogP) is 6.84. The molecule has 0 unspecified atom stereocenters. The van der Waals surface area contributed by atoms with Gasteiger partial charge in [0.15, 0.2) is 0 Å². The van der Waals surface area contributed by atoms with E-state index in [2.05, 4.69) is 0 Å². The Labute approximate surface area is 234 Å². The fourth-order valence-electron chi connectivity index (χ4n) is 4.21. The van der Waals surface area contributed by atoms with Crippen LogP contribution in [0.25, 0.3) is 0 Å². The minimum atomic E-state index is 0.000914. The number of amides is 2. The standard InChI is InChI=1S/C32H30Cl2N2O2/c33-29-15-11-25(12-16-29)21-31(37)35(23-27-7-3-1-4-8-27)19-20-36(24-28-9-5-2-6-10-28)32(38)22-26-13-17-30(34)18-14-26/h1-18H,19-24H2. The van der Waals surface area contributed by atoms with Crippen molar-refractivity contribution in [2.24, 2.45) is 0 Å². The molecule has 0 radical (unpaired) electrons. The first-order valence-electron chi connectivity index (χ1n) is 12.6. The third kappa shape index (κ3) is 8.47. The largest absolute Gasteiger partial charge is 0.336 e. The number of nitrogens with zero attached hydrogens (tertiary/aromatic N) is 2. The number of carbonyl (C=O) groups excluding carboxylic acids is 2. The molecule has 0 spiro atoms. The van der Waals surface area contributed by atoms with Crippen molar-refractivity contribution < 1.29 is 9.59 Å². The van der Waals surface area contributed by atoms with E-state index in [9.17, 15) is 9.59 Å². The lowest BCUT2D eigenvalue weighted by atomic mass is 10.1. The molecule has 4 nitrogen and oxygen atoms in total. The van der Waals surface area contributed by atoms with Crippen LogP contribution in [0.4, 0.5) is 0 Å². The van der Waals surface area contributed by atoms with Crippen LogP contribution in [-0.4, -0.2) is 34.7 Å². The molecule has 194 valence electrons. The molecule has 0 aromatic heterocycles. The number of rotatable bonds is 11.